The van der Waals surface area contributed by atoms with E-state index in [-0.39, 0.29) is 24.1 Å². The van der Waals surface area contributed by atoms with Gasteiger partial charge >= 0.3 is 6.61 Å². The van der Waals surface area contributed by atoms with E-state index in [1.165, 1.54) is 6.07 Å². The second kappa shape index (κ2) is 7.64. The lowest BCUT2D eigenvalue weighted by molar-refractivity contribution is -0.131. The first kappa shape index (κ1) is 17.4. The van der Waals surface area contributed by atoms with Crippen molar-refractivity contribution in [1.29, 1.82) is 0 Å². The number of halogens is 2. The zero-order valence-corrected chi connectivity index (χ0v) is 14.1. The van der Waals surface area contributed by atoms with Crippen molar-refractivity contribution < 1.29 is 18.3 Å². The van der Waals surface area contributed by atoms with E-state index in [9.17, 15) is 13.6 Å². The van der Waals surface area contributed by atoms with Gasteiger partial charge in [0.2, 0.25) is 5.91 Å². The second-order valence-corrected chi connectivity index (χ2v) is 6.40. The molecule has 3 nitrogen and oxygen atoms in total. The lowest BCUT2D eigenvalue weighted by Crippen LogP contribution is -2.34. The van der Waals surface area contributed by atoms with Crippen LogP contribution >= 0.6 is 0 Å². The molecule has 25 heavy (non-hydrogen) atoms. The number of para-hydroxylation sites is 1. The summed E-state index contributed by atoms with van der Waals surface area (Å²) in [6.45, 7) is -0.337. The van der Waals surface area contributed by atoms with Crippen LogP contribution < -0.4 is 4.74 Å². The second-order valence-electron chi connectivity index (χ2n) is 6.40. The molecule has 0 radical (unpaired) electrons. The minimum Gasteiger partial charge on any atom is -0.435 e. The highest BCUT2D eigenvalue weighted by Crippen LogP contribution is 2.30. The first-order valence-electron chi connectivity index (χ1n) is 8.40. The Balaban J connectivity index is 1.74. The quantitative estimate of drug-likeness (QED) is 0.747. The molecule has 1 fully saturated rings. The van der Waals surface area contributed by atoms with Crippen molar-refractivity contribution >= 4 is 5.91 Å². The topological polar surface area (TPSA) is 29.5 Å². The summed E-state index contributed by atoms with van der Waals surface area (Å²) >= 11 is 0. The van der Waals surface area contributed by atoms with Gasteiger partial charge in [0.15, 0.2) is 0 Å². The monoisotopic (exact) mass is 345 g/mol. The number of aryl methyl sites for hydroxylation is 1. The number of benzene rings is 2. The van der Waals surface area contributed by atoms with E-state index in [0.717, 1.165) is 24.0 Å². The fourth-order valence-electron chi connectivity index (χ4n) is 2.94. The average molecular weight is 345 g/mol. The molecule has 132 valence electrons. The van der Waals surface area contributed by atoms with Gasteiger partial charge in [-0.15, -0.1) is 0 Å². The maximum atomic E-state index is 12.8. The molecule has 0 N–H and O–H groups in total. The number of hydrogen-bond acceptors (Lipinski definition) is 2. The predicted molar refractivity (Wildman–Crippen MR) is 91.5 cm³/mol. The fraction of sp³-hybridized carbons (Fsp3) is 0.350. The van der Waals surface area contributed by atoms with Crippen LogP contribution in [-0.4, -0.2) is 23.5 Å². The van der Waals surface area contributed by atoms with E-state index < -0.39 is 6.61 Å². The summed E-state index contributed by atoms with van der Waals surface area (Å²) in [5, 5.41) is 0. The van der Waals surface area contributed by atoms with Gasteiger partial charge in [0, 0.05) is 18.2 Å². The molecule has 5 heteroatoms. The van der Waals surface area contributed by atoms with E-state index in [2.05, 4.69) is 10.8 Å². The summed E-state index contributed by atoms with van der Waals surface area (Å²) in [4.78, 5) is 14.7. The molecule has 0 aliphatic heterocycles. The van der Waals surface area contributed by atoms with Crippen LogP contribution in [0.25, 0.3) is 0 Å². The van der Waals surface area contributed by atoms with Gasteiger partial charge in [0.05, 0.1) is 6.42 Å². The van der Waals surface area contributed by atoms with E-state index >= 15 is 0 Å². The first-order chi connectivity index (χ1) is 12.0. The van der Waals surface area contributed by atoms with Crippen LogP contribution in [0.3, 0.4) is 0 Å². The Morgan fingerprint density at radius 1 is 1.20 bits per heavy atom. The number of ether oxygens (including phenoxy) is 1. The largest absolute Gasteiger partial charge is 0.435 e. The number of rotatable bonds is 7. The van der Waals surface area contributed by atoms with Gasteiger partial charge < -0.3 is 9.64 Å². The zero-order valence-electron chi connectivity index (χ0n) is 14.1. The van der Waals surface area contributed by atoms with E-state index in [4.69, 9.17) is 0 Å². The standard InChI is InChI=1S/C20H21F2NO2/c1-14-5-4-6-15(11-14)13-23(17-9-10-17)19(24)12-16-7-2-3-8-18(16)25-20(21)22/h2-8,11,17,20H,9-10,12-13H2,1H3. The van der Waals surface area contributed by atoms with E-state index in [0.29, 0.717) is 12.1 Å². The van der Waals surface area contributed by atoms with Crippen molar-refractivity contribution in [3.8, 4) is 5.75 Å². The molecule has 1 aliphatic carbocycles. The van der Waals surface area contributed by atoms with Gasteiger partial charge in [-0.1, -0.05) is 48.0 Å². The first-order valence-corrected chi connectivity index (χ1v) is 8.40. The summed E-state index contributed by atoms with van der Waals surface area (Å²) in [6.07, 6.45) is 2.05. The van der Waals surface area contributed by atoms with Gasteiger partial charge in [-0.3, -0.25) is 4.79 Å². The Kier molecular flexibility index (Phi) is 5.31. The molecule has 2 aromatic carbocycles. The van der Waals surface area contributed by atoms with Crippen molar-refractivity contribution in [1.82, 2.24) is 4.90 Å². The van der Waals surface area contributed by atoms with Gasteiger partial charge in [-0.05, 0) is 31.4 Å². The molecular formula is C20H21F2NO2. The van der Waals surface area contributed by atoms with E-state index in [1.54, 1.807) is 18.2 Å². The Hall–Kier alpha value is -2.43. The SMILES string of the molecule is Cc1cccc(CN(C(=O)Cc2ccccc2OC(F)F)C2CC2)c1. The molecule has 0 unspecified atom stereocenters. The van der Waals surface area contributed by atoms with Crippen LogP contribution in [0.15, 0.2) is 48.5 Å². The minimum atomic E-state index is -2.90. The van der Waals surface area contributed by atoms with Crippen LogP contribution in [0, 0.1) is 6.92 Å². The molecular weight excluding hydrogens is 324 g/mol. The minimum absolute atomic E-state index is 0.0607. The van der Waals surface area contributed by atoms with Crippen molar-refractivity contribution in [2.24, 2.45) is 0 Å². The third-order valence-corrected chi connectivity index (χ3v) is 4.27. The van der Waals surface area contributed by atoms with Gasteiger partial charge in [0.1, 0.15) is 5.75 Å². The van der Waals surface area contributed by atoms with Crippen molar-refractivity contribution in [3.05, 3.63) is 65.2 Å². The Morgan fingerprint density at radius 3 is 2.64 bits per heavy atom. The molecule has 1 amide bonds. The summed E-state index contributed by atoms with van der Waals surface area (Å²) in [6, 6.07) is 14.8. The Labute approximate surface area is 146 Å². The number of nitrogens with zero attached hydrogens (tertiary/aromatic N) is 1. The molecule has 2 aromatic rings. The third-order valence-electron chi connectivity index (χ3n) is 4.27. The van der Waals surface area contributed by atoms with Crippen LogP contribution in [0.1, 0.15) is 29.5 Å². The molecule has 0 spiro atoms. The average Bonchev–Trinajstić information content (AvgIpc) is 3.39. The zero-order chi connectivity index (χ0) is 17.8. The van der Waals surface area contributed by atoms with Gasteiger partial charge in [0.25, 0.3) is 0 Å². The van der Waals surface area contributed by atoms with Gasteiger partial charge in [-0.25, -0.2) is 0 Å². The highest BCUT2D eigenvalue weighted by atomic mass is 19.3. The number of alkyl halides is 2. The normalized spacial score (nSPS) is 13.8. The smallest absolute Gasteiger partial charge is 0.387 e. The summed E-state index contributed by atoms with van der Waals surface area (Å²) in [5.74, 6) is 0.00600. The predicted octanol–water partition coefficient (Wildman–Crippen LogP) is 4.33. The lowest BCUT2D eigenvalue weighted by atomic mass is 10.1. The molecule has 3 rings (SSSR count). The van der Waals surface area contributed by atoms with Crippen molar-refractivity contribution in [2.75, 3.05) is 0 Å². The van der Waals surface area contributed by atoms with Crippen LogP contribution in [0.2, 0.25) is 0 Å². The maximum Gasteiger partial charge on any atom is 0.387 e. The third kappa shape index (κ3) is 4.78. The Morgan fingerprint density at radius 2 is 1.96 bits per heavy atom. The van der Waals surface area contributed by atoms with Gasteiger partial charge in [-0.2, -0.15) is 8.78 Å². The highest BCUT2D eigenvalue weighted by molar-refractivity contribution is 5.80. The number of amides is 1. The van der Waals surface area contributed by atoms with Crippen molar-refractivity contribution in [3.63, 3.8) is 0 Å². The molecule has 0 bridgehead atoms. The number of hydrogen-bond donors (Lipinski definition) is 0. The van der Waals surface area contributed by atoms with Crippen LogP contribution in [0.4, 0.5) is 8.78 Å². The highest BCUT2D eigenvalue weighted by Gasteiger charge is 2.32. The number of carbonyl (C=O) groups is 1. The Bertz CT molecular complexity index is 744. The molecule has 0 atom stereocenters. The summed E-state index contributed by atoms with van der Waals surface area (Å²) in [5.41, 5.74) is 2.72. The molecule has 1 aliphatic rings. The van der Waals surface area contributed by atoms with E-state index in [1.807, 2.05) is 30.0 Å². The van der Waals surface area contributed by atoms with Crippen molar-refractivity contribution in [2.45, 2.75) is 45.4 Å². The fourth-order valence-corrected chi connectivity index (χ4v) is 2.94. The lowest BCUT2D eigenvalue weighted by Gasteiger charge is -2.23. The molecule has 1 saturated carbocycles. The molecule has 0 saturated heterocycles. The number of carbonyl (C=O) groups excluding carboxylic acids is 1. The maximum absolute atomic E-state index is 12.8. The summed E-state index contributed by atoms with van der Waals surface area (Å²) < 4.78 is 29.6. The molecule has 0 aromatic heterocycles. The van der Waals surface area contributed by atoms with Crippen LogP contribution in [-0.2, 0) is 17.8 Å². The van der Waals surface area contributed by atoms with Crippen LogP contribution in [0.5, 0.6) is 5.75 Å². The summed E-state index contributed by atoms with van der Waals surface area (Å²) in [7, 11) is 0. The molecule has 0 heterocycles.